The Hall–Kier alpha value is -0.870. The highest BCUT2D eigenvalue weighted by molar-refractivity contribution is 9.10. The van der Waals surface area contributed by atoms with E-state index in [2.05, 4.69) is 65.2 Å². The number of nitrogens with zero attached hydrogens (tertiary/aromatic N) is 1. The molecule has 0 saturated carbocycles. The first-order valence-corrected chi connectivity index (χ1v) is 7.63. The fraction of sp³-hybridized carbons (Fsp3) is 0.357. The molecule has 18 heavy (non-hydrogen) atoms. The number of anilines is 1. The number of rotatable bonds is 4. The Bertz CT molecular complexity index is 534. The fourth-order valence-electron chi connectivity index (χ4n) is 1.59. The van der Waals surface area contributed by atoms with Gasteiger partial charge in [-0.2, -0.15) is 0 Å². The van der Waals surface area contributed by atoms with Crippen LogP contribution >= 0.6 is 27.3 Å². The number of benzene rings is 1. The van der Waals surface area contributed by atoms with Crippen LogP contribution in [-0.4, -0.2) is 11.5 Å². The Morgan fingerprint density at radius 2 is 2.17 bits per heavy atom. The van der Waals surface area contributed by atoms with Crippen molar-refractivity contribution in [3.63, 3.8) is 0 Å². The number of nitrogens with one attached hydrogen (secondary N) is 1. The maximum Gasteiger partial charge on any atom is 0.183 e. The monoisotopic (exact) mass is 324 g/mol. The maximum atomic E-state index is 4.41. The SMILES string of the molecule is Cc1ccc(-c2cnc(NCC(C)C)s2)c(Br)c1. The second-order valence-corrected chi connectivity index (χ2v) is 6.67. The molecule has 2 rings (SSSR count). The molecule has 0 bridgehead atoms. The zero-order chi connectivity index (χ0) is 13.1. The summed E-state index contributed by atoms with van der Waals surface area (Å²) in [6.07, 6.45) is 1.93. The average Bonchev–Trinajstić information content (AvgIpc) is 2.75. The predicted octanol–water partition coefficient (Wildman–Crippen LogP) is 4.95. The molecule has 96 valence electrons. The molecule has 2 aromatic rings. The Morgan fingerprint density at radius 3 is 2.83 bits per heavy atom. The lowest BCUT2D eigenvalue weighted by molar-refractivity contribution is 0.688. The lowest BCUT2D eigenvalue weighted by atomic mass is 10.1. The quantitative estimate of drug-likeness (QED) is 0.860. The number of hydrogen-bond acceptors (Lipinski definition) is 3. The number of halogens is 1. The predicted molar refractivity (Wildman–Crippen MR) is 83.3 cm³/mol. The summed E-state index contributed by atoms with van der Waals surface area (Å²) < 4.78 is 1.13. The summed E-state index contributed by atoms with van der Waals surface area (Å²) in [5.41, 5.74) is 2.46. The van der Waals surface area contributed by atoms with Crippen molar-refractivity contribution in [2.75, 3.05) is 11.9 Å². The Labute approximate surface area is 121 Å². The van der Waals surface area contributed by atoms with Crippen LogP contribution in [0.25, 0.3) is 10.4 Å². The Kier molecular flexibility index (Phi) is 4.40. The summed E-state index contributed by atoms with van der Waals surface area (Å²) in [6.45, 7) is 7.44. The molecular formula is C14H17BrN2S. The van der Waals surface area contributed by atoms with E-state index in [9.17, 15) is 0 Å². The first-order valence-electron chi connectivity index (χ1n) is 6.02. The maximum absolute atomic E-state index is 4.41. The van der Waals surface area contributed by atoms with Gasteiger partial charge in [-0.15, -0.1) is 0 Å². The largest absolute Gasteiger partial charge is 0.361 e. The Morgan fingerprint density at radius 1 is 1.39 bits per heavy atom. The van der Waals surface area contributed by atoms with E-state index in [0.717, 1.165) is 16.1 Å². The minimum Gasteiger partial charge on any atom is -0.361 e. The van der Waals surface area contributed by atoms with Gasteiger partial charge in [0.15, 0.2) is 5.13 Å². The molecule has 0 spiro atoms. The summed E-state index contributed by atoms with van der Waals surface area (Å²) in [5, 5.41) is 4.35. The first-order chi connectivity index (χ1) is 8.56. The van der Waals surface area contributed by atoms with Crippen molar-refractivity contribution < 1.29 is 0 Å². The summed E-state index contributed by atoms with van der Waals surface area (Å²) in [6, 6.07) is 6.40. The average molecular weight is 325 g/mol. The van der Waals surface area contributed by atoms with Crippen LogP contribution in [0.15, 0.2) is 28.9 Å². The molecule has 0 saturated heterocycles. The van der Waals surface area contributed by atoms with Crippen molar-refractivity contribution >= 4 is 32.4 Å². The molecule has 0 aliphatic carbocycles. The van der Waals surface area contributed by atoms with Gasteiger partial charge in [-0.3, -0.25) is 0 Å². The molecule has 0 radical (unpaired) electrons. The third kappa shape index (κ3) is 3.33. The Balaban J connectivity index is 2.18. The van der Waals surface area contributed by atoms with Gasteiger partial charge in [0.2, 0.25) is 0 Å². The molecule has 0 atom stereocenters. The number of aryl methyl sites for hydroxylation is 1. The summed E-state index contributed by atoms with van der Waals surface area (Å²) in [5.74, 6) is 0.628. The topological polar surface area (TPSA) is 24.9 Å². The summed E-state index contributed by atoms with van der Waals surface area (Å²) in [4.78, 5) is 5.60. The molecule has 1 aromatic carbocycles. The van der Waals surface area contributed by atoms with Gasteiger partial charge in [0.25, 0.3) is 0 Å². The summed E-state index contributed by atoms with van der Waals surface area (Å²) in [7, 11) is 0. The van der Waals surface area contributed by atoms with E-state index in [4.69, 9.17) is 0 Å². The van der Waals surface area contributed by atoms with Gasteiger partial charge in [0.1, 0.15) is 0 Å². The second-order valence-electron chi connectivity index (χ2n) is 4.79. The highest BCUT2D eigenvalue weighted by atomic mass is 79.9. The van der Waals surface area contributed by atoms with Crippen molar-refractivity contribution in [3.05, 3.63) is 34.4 Å². The van der Waals surface area contributed by atoms with E-state index in [-0.39, 0.29) is 0 Å². The molecule has 0 fully saturated rings. The van der Waals surface area contributed by atoms with Crippen LogP contribution in [-0.2, 0) is 0 Å². The normalized spacial score (nSPS) is 10.9. The van der Waals surface area contributed by atoms with Crippen molar-refractivity contribution in [3.8, 4) is 10.4 Å². The van der Waals surface area contributed by atoms with Crippen LogP contribution in [0, 0.1) is 12.8 Å². The molecular weight excluding hydrogens is 308 g/mol. The van der Waals surface area contributed by atoms with Gasteiger partial charge >= 0.3 is 0 Å². The zero-order valence-corrected chi connectivity index (χ0v) is 13.2. The molecule has 0 unspecified atom stereocenters. The van der Waals surface area contributed by atoms with Crippen LogP contribution in [0.3, 0.4) is 0 Å². The molecule has 2 nitrogen and oxygen atoms in total. The molecule has 1 heterocycles. The highest BCUT2D eigenvalue weighted by Crippen LogP contribution is 2.34. The van der Waals surface area contributed by atoms with E-state index in [1.807, 2.05) is 6.20 Å². The molecule has 0 aliphatic heterocycles. The van der Waals surface area contributed by atoms with Gasteiger partial charge in [-0.05, 0) is 24.5 Å². The molecule has 0 aliphatic rings. The van der Waals surface area contributed by atoms with Gasteiger partial charge < -0.3 is 5.32 Å². The zero-order valence-electron chi connectivity index (χ0n) is 10.8. The second kappa shape index (κ2) is 5.85. The van der Waals surface area contributed by atoms with E-state index >= 15 is 0 Å². The molecule has 4 heteroatoms. The highest BCUT2D eigenvalue weighted by Gasteiger charge is 2.08. The summed E-state index contributed by atoms with van der Waals surface area (Å²) >= 11 is 5.31. The lowest BCUT2D eigenvalue weighted by Gasteiger charge is -2.04. The first kappa shape index (κ1) is 13.6. The smallest absolute Gasteiger partial charge is 0.183 e. The van der Waals surface area contributed by atoms with Crippen molar-refractivity contribution in [1.82, 2.24) is 4.98 Å². The van der Waals surface area contributed by atoms with Crippen LogP contribution in [0.5, 0.6) is 0 Å². The van der Waals surface area contributed by atoms with Crippen LogP contribution < -0.4 is 5.32 Å². The van der Waals surface area contributed by atoms with E-state index < -0.39 is 0 Å². The van der Waals surface area contributed by atoms with Gasteiger partial charge in [0.05, 0.1) is 4.88 Å². The lowest BCUT2D eigenvalue weighted by Crippen LogP contribution is -2.07. The molecule has 1 N–H and O–H groups in total. The van der Waals surface area contributed by atoms with E-state index in [0.29, 0.717) is 5.92 Å². The minimum absolute atomic E-state index is 0.628. The third-order valence-electron chi connectivity index (χ3n) is 2.56. The number of aromatic nitrogens is 1. The van der Waals surface area contributed by atoms with Crippen LogP contribution in [0.4, 0.5) is 5.13 Å². The van der Waals surface area contributed by atoms with Crippen LogP contribution in [0.2, 0.25) is 0 Å². The van der Waals surface area contributed by atoms with E-state index in [1.54, 1.807) is 11.3 Å². The van der Waals surface area contributed by atoms with Crippen molar-refractivity contribution in [2.45, 2.75) is 20.8 Å². The van der Waals surface area contributed by atoms with Gasteiger partial charge in [0, 0.05) is 22.8 Å². The standard InChI is InChI=1S/C14H17BrN2S/c1-9(2)7-16-14-17-8-13(18-14)11-5-4-10(3)6-12(11)15/h4-6,8-9H,7H2,1-3H3,(H,16,17). The van der Waals surface area contributed by atoms with Crippen molar-refractivity contribution in [2.24, 2.45) is 5.92 Å². The van der Waals surface area contributed by atoms with Gasteiger partial charge in [-0.1, -0.05) is 53.2 Å². The molecule has 0 amide bonds. The third-order valence-corrected chi connectivity index (χ3v) is 4.20. The minimum atomic E-state index is 0.628. The number of hydrogen-bond donors (Lipinski definition) is 1. The molecule has 1 aromatic heterocycles. The fourth-order valence-corrected chi connectivity index (χ4v) is 3.29. The van der Waals surface area contributed by atoms with Gasteiger partial charge in [-0.25, -0.2) is 4.98 Å². The van der Waals surface area contributed by atoms with E-state index in [1.165, 1.54) is 16.0 Å². The van der Waals surface area contributed by atoms with Crippen LogP contribution in [0.1, 0.15) is 19.4 Å². The number of thiazole rings is 1. The van der Waals surface area contributed by atoms with Crippen molar-refractivity contribution in [1.29, 1.82) is 0 Å².